The molecule has 0 bridgehead atoms. The number of para-hydroxylation sites is 2. The molecule has 4 heterocycles. The van der Waals surface area contributed by atoms with Crippen LogP contribution in [0.5, 0.6) is 5.75 Å². The second kappa shape index (κ2) is 9.21. The number of fused-ring (bicyclic) bond motifs is 4. The van der Waals surface area contributed by atoms with Gasteiger partial charge in [0.15, 0.2) is 5.65 Å². The van der Waals surface area contributed by atoms with E-state index in [2.05, 4.69) is 37.3 Å². The quantitative estimate of drug-likeness (QED) is 0.370. The van der Waals surface area contributed by atoms with Gasteiger partial charge in [-0.15, -0.1) is 0 Å². The number of aromatic nitrogens is 5. The Hall–Kier alpha value is -4.44. The molecule has 1 atom stereocenters. The van der Waals surface area contributed by atoms with E-state index in [1.165, 1.54) is 0 Å². The molecule has 10 nitrogen and oxygen atoms in total. The molecule has 6 rings (SSSR count). The minimum absolute atomic E-state index is 0.0827. The number of likely N-dealkylation sites (N-methyl/N-ethyl adjacent to an activating group) is 1. The molecule has 1 aliphatic rings. The number of nitrogens with one attached hydrogen (secondary N) is 2. The molecule has 188 valence electrons. The van der Waals surface area contributed by atoms with Gasteiger partial charge in [0.05, 0.1) is 47.0 Å². The molecule has 1 aliphatic heterocycles. The van der Waals surface area contributed by atoms with Crippen LogP contribution in [-0.4, -0.2) is 70.0 Å². The van der Waals surface area contributed by atoms with Crippen molar-refractivity contribution in [1.29, 1.82) is 0 Å². The zero-order valence-corrected chi connectivity index (χ0v) is 21.0. The third-order valence-corrected chi connectivity index (χ3v) is 6.55. The number of hydrogen-bond donors (Lipinski definition) is 2. The minimum Gasteiger partial charge on any atom is -0.485 e. The second-order valence-corrected chi connectivity index (χ2v) is 9.60. The predicted molar refractivity (Wildman–Crippen MR) is 145 cm³/mol. The predicted octanol–water partition coefficient (Wildman–Crippen LogP) is 3.03. The van der Waals surface area contributed by atoms with Gasteiger partial charge in [0.2, 0.25) is 5.95 Å². The highest BCUT2D eigenvalue weighted by atomic mass is 16.5. The summed E-state index contributed by atoms with van der Waals surface area (Å²) >= 11 is 0. The number of ether oxygens (including phenoxy) is 1. The smallest absolute Gasteiger partial charge is 0.267 e. The van der Waals surface area contributed by atoms with Crippen molar-refractivity contribution in [3.63, 3.8) is 0 Å². The molecule has 0 aliphatic carbocycles. The Kier molecular flexibility index (Phi) is 5.72. The van der Waals surface area contributed by atoms with E-state index >= 15 is 0 Å². The third-order valence-electron chi connectivity index (χ3n) is 6.55. The standard InChI is InChI=1S/C27H28N8O2/c1-33(2)15-17-8-10-18(11-9-17)35-25-20(24-21(26(35)36)14-30-32-24)13-29-27(31-25)28-12-19-16-34(3)22-6-4-5-7-23(22)37-19/h4-11,13-14,19H,12,15-16H2,1-3H3,(H,30,32)(H,28,29,31). The van der Waals surface area contributed by atoms with Crippen LogP contribution in [-0.2, 0) is 6.54 Å². The van der Waals surface area contributed by atoms with Gasteiger partial charge in [0, 0.05) is 19.8 Å². The van der Waals surface area contributed by atoms with E-state index in [1.807, 2.05) is 62.6 Å². The van der Waals surface area contributed by atoms with Gasteiger partial charge in [0.25, 0.3) is 5.56 Å². The van der Waals surface area contributed by atoms with E-state index in [4.69, 9.17) is 9.72 Å². The first-order valence-corrected chi connectivity index (χ1v) is 12.2. The summed E-state index contributed by atoms with van der Waals surface area (Å²) < 4.78 is 7.80. The first-order chi connectivity index (χ1) is 18.0. The number of benzene rings is 2. The molecular weight excluding hydrogens is 468 g/mol. The average Bonchev–Trinajstić information content (AvgIpc) is 3.39. The van der Waals surface area contributed by atoms with E-state index in [0.29, 0.717) is 29.0 Å². The van der Waals surface area contributed by atoms with Crippen molar-refractivity contribution in [2.45, 2.75) is 12.6 Å². The molecule has 0 amide bonds. The van der Waals surface area contributed by atoms with E-state index in [-0.39, 0.29) is 11.7 Å². The maximum absolute atomic E-state index is 13.5. The molecule has 1 unspecified atom stereocenters. The van der Waals surface area contributed by atoms with Crippen LogP contribution in [0.1, 0.15) is 5.56 Å². The lowest BCUT2D eigenvalue weighted by Gasteiger charge is -2.33. The van der Waals surface area contributed by atoms with Crippen LogP contribution in [0.4, 0.5) is 11.6 Å². The normalized spacial score (nSPS) is 15.2. The molecule has 0 saturated heterocycles. The first kappa shape index (κ1) is 23.0. The Morgan fingerprint density at radius 3 is 2.73 bits per heavy atom. The third kappa shape index (κ3) is 4.25. The van der Waals surface area contributed by atoms with Crippen molar-refractivity contribution in [1.82, 2.24) is 29.6 Å². The minimum atomic E-state index is -0.185. The Bertz CT molecular complexity index is 1640. The van der Waals surface area contributed by atoms with E-state index in [9.17, 15) is 4.79 Å². The van der Waals surface area contributed by atoms with Crippen LogP contribution < -0.4 is 20.5 Å². The van der Waals surface area contributed by atoms with Gasteiger partial charge in [-0.25, -0.2) is 4.98 Å². The highest BCUT2D eigenvalue weighted by Crippen LogP contribution is 2.32. The van der Waals surface area contributed by atoms with Crippen LogP contribution in [0.2, 0.25) is 0 Å². The van der Waals surface area contributed by atoms with Crippen LogP contribution in [0.25, 0.3) is 27.6 Å². The van der Waals surface area contributed by atoms with Gasteiger partial charge >= 0.3 is 0 Å². The summed E-state index contributed by atoms with van der Waals surface area (Å²) in [5.41, 5.74) is 3.91. The number of aromatic amines is 1. The summed E-state index contributed by atoms with van der Waals surface area (Å²) in [6.45, 7) is 2.06. The number of hydrogen-bond acceptors (Lipinski definition) is 8. The van der Waals surface area contributed by atoms with Crippen LogP contribution >= 0.6 is 0 Å². The number of pyridine rings is 1. The summed E-state index contributed by atoms with van der Waals surface area (Å²) in [6, 6.07) is 16.0. The highest BCUT2D eigenvalue weighted by molar-refractivity contribution is 6.02. The van der Waals surface area contributed by atoms with Gasteiger partial charge in [-0.05, 0) is 43.9 Å². The Balaban J connectivity index is 1.35. The summed E-state index contributed by atoms with van der Waals surface area (Å²) in [4.78, 5) is 27.1. The van der Waals surface area contributed by atoms with Gasteiger partial charge in [-0.3, -0.25) is 14.5 Å². The van der Waals surface area contributed by atoms with E-state index in [0.717, 1.165) is 41.2 Å². The first-order valence-electron chi connectivity index (χ1n) is 12.2. The Morgan fingerprint density at radius 1 is 1.11 bits per heavy atom. The maximum atomic E-state index is 13.5. The molecule has 3 aromatic heterocycles. The lowest BCUT2D eigenvalue weighted by atomic mass is 10.1. The number of H-pyrrole nitrogens is 1. The van der Waals surface area contributed by atoms with Gasteiger partial charge < -0.3 is 19.9 Å². The molecule has 37 heavy (non-hydrogen) atoms. The van der Waals surface area contributed by atoms with Crippen molar-refractivity contribution in [2.24, 2.45) is 0 Å². The Labute approximate surface area is 213 Å². The molecule has 10 heteroatoms. The summed E-state index contributed by atoms with van der Waals surface area (Å²) in [5, 5.41) is 11.6. The molecule has 0 radical (unpaired) electrons. The zero-order chi connectivity index (χ0) is 25.5. The zero-order valence-electron chi connectivity index (χ0n) is 21.0. The van der Waals surface area contributed by atoms with Crippen molar-refractivity contribution >= 4 is 33.6 Å². The number of rotatable bonds is 6. The molecule has 0 spiro atoms. The number of anilines is 2. The summed E-state index contributed by atoms with van der Waals surface area (Å²) in [5.74, 6) is 1.28. The SMILES string of the molecule is CN(C)Cc1ccc(-n2c(=O)c3cn[nH]c3c3cnc(NCC4CN(C)c5ccccc5O4)nc32)cc1. The molecule has 2 aromatic carbocycles. The van der Waals surface area contributed by atoms with Crippen molar-refractivity contribution in [3.05, 3.63) is 76.8 Å². The molecule has 5 aromatic rings. The van der Waals surface area contributed by atoms with Gasteiger partial charge in [0.1, 0.15) is 11.9 Å². The van der Waals surface area contributed by atoms with E-state index < -0.39 is 0 Å². The monoisotopic (exact) mass is 496 g/mol. The Morgan fingerprint density at radius 2 is 1.92 bits per heavy atom. The molecular formula is C27H28N8O2. The van der Waals surface area contributed by atoms with Gasteiger partial charge in [-0.1, -0.05) is 24.3 Å². The van der Waals surface area contributed by atoms with Crippen molar-refractivity contribution < 1.29 is 4.74 Å². The largest absolute Gasteiger partial charge is 0.485 e. The van der Waals surface area contributed by atoms with Crippen molar-refractivity contribution in [2.75, 3.05) is 44.4 Å². The maximum Gasteiger partial charge on any atom is 0.267 e. The van der Waals surface area contributed by atoms with Crippen LogP contribution in [0, 0.1) is 0 Å². The van der Waals surface area contributed by atoms with Crippen molar-refractivity contribution in [3.8, 4) is 11.4 Å². The number of nitrogens with zero attached hydrogens (tertiary/aromatic N) is 6. The fourth-order valence-corrected chi connectivity index (χ4v) is 4.83. The lowest BCUT2D eigenvalue weighted by molar-refractivity contribution is 0.208. The summed E-state index contributed by atoms with van der Waals surface area (Å²) in [6.07, 6.45) is 3.19. The fraction of sp³-hybridized carbons (Fsp3) is 0.259. The fourth-order valence-electron chi connectivity index (χ4n) is 4.83. The van der Waals surface area contributed by atoms with E-state index in [1.54, 1.807) is 17.0 Å². The molecule has 0 saturated carbocycles. The molecule has 2 N–H and O–H groups in total. The van der Waals surface area contributed by atoms with Crippen LogP contribution in [0.3, 0.4) is 0 Å². The topological polar surface area (TPSA) is 104 Å². The van der Waals surface area contributed by atoms with Crippen LogP contribution in [0.15, 0.2) is 65.7 Å². The second-order valence-electron chi connectivity index (χ2n) is 9.60. The summed E-state index contributed by atoms with van der Waals surface area (Å²) in [7, 11) is 6.11. The highest BCUT2D eigenvalue weighted by Gasteiger charge is 2.23. The molecule has 0 fully saturated rings. The lowest BCUT2D eigenvalue weighted by Crippen LogP contribution is -2.41. The average molecular weight is 497 g/mol. The van der Waals surface area contributed by atoms with Gasteiger partial charge in [-0.2, -0.15) is 10.1 Å².